The van der Waals surface area contributed by atoms with Gasteiger partial charge in [0.05, 0.1) is 11.3 Å². The van der Waals surface area contributed by atoms with Crippen LogP contribution in [0.2, 0.25) is 5.02 Å². The van der Waals surface area contributed by atoms with E-state index in [0.717, 1.165) is 18.4 Å². The van der Waals surface area contributed by atoms with Crippen molar-refractivity contribution in [1.82, 2.24) is 0 Å². The number of carbonyl (C=O) groups is 1. The van der Waals surface area contributed by atoms with Gasteiger partial charge >= 0.3 is 5.97 Å². The fourth-order valence-corrected chi connectivity index (χ4v) is 2.87. The van der Waals surface area contributed by atoms with E-state index in [-0.39, 0.29) is 17.3 Å². The minimum Gasteiger partial charge on any atom is -0.478 e. The molecule has 21 heavy (non-hydrogen) atoms. The first-order valence-corrected chi connectivity index (χ1v) is 6.97. The Hall–Kier alpha value is -2.07. The molecule has 2 aromatic carbocycles. The molecule has 1 aliphatic rings. The maximum atomic E-state index is 13.8. The van der Waals surface area contributed by atoms with E-state index in [2.05, 4.69) is 5.32 Å². The average molecular weight is 306 g/mol. The van der Waals surface area contributed by atoms with Crippen molar-refractivity contribution < 1.29 is 14.3 Å². The first-order valence-electron chi connectivity index (χ1n) is 6.59. The second kappa shape index (κ2) is 5.37. The highest BCUT2D eigenvalue weighted by atomic mass is 35.5. The monoisotopic (exact) mass is 305 g/mol. The van der Waals surface area contributed by atoms with E-state index in [1.165, 1.54) is 23.8 Å². The van der Waals surface area contributed by atoms with Crippen LogP contribution in [0.5, 0.6) is 0 Å². The molecule has 0 bridgehead atoms. The van der Waals surface area contributed by atoms with Crippen molar-refractivity contribution in [3.8, 4) is 0 Å². The normalized spacial score (nSPS) is 16.6. The third-order valence-corrected chi connectivity index (χ3v) is 3.91. The number of rotatable bonds is 3. The molecule has 3 nitrogen and oxygen atoms in total. The molecule has 3 rings (SSSR count). The predicted octanol–water partition coefficient (Wildman–Crippen LogP) is 3.76. The third-order valence-electron chi connectivity index (χ3n) is 3.67. The Labute approximate surface area is 126 Å². The van der Waals surface area contributed by atoms with Gasteiger partial charge in [0.15, 0.2) is 0 Å². The molecule has 0 radical (unpaired) electrons. The van der Waals surface area contributed by atoms with E-state index in [4.69, 9.17) is 16.7 Å². The number of carboxylic acid groups (broad SMARTS) is 1. The summed E-state index contributed by atoms with van der Waals surface area (Å²) in [6, 6.07) is 9.53. The van der Waals surface area contributed by atoms with Gasteiger partial charge in [-0.2, -0.15) is 0 Å². The molecule has 2 N–H and O–H groups in total. The van der Waals surface area contributed by atoms with Crippen LogP contribution in [-0.4, -0.2) is 17.1 Å². The number of nitrogens with one attached hydrogen (secondary N) is 1. The molecule has 1 unspecified atom stereocenters. The summed E-state index contributed by atoms with van der Waals surface area (Å²) in [6.45, 7) is 0. The molecule has 0 fully saturated rings. The zero-order valence-electron chi connectivity index (χ0n) is 11.1. The minimum atomic E-state index is -1.07. The summed E-state index contributed by atoms with van der Waals surface area (Å²) in [5.74, 6) is -1.52. The summed E-state index contributed by atoms with van der Waals surface area (Å²) in [5, 5.41) is 12.7. The first-order chi connectivity index (χ1) is 10.0. The van der Waals surface area contributed by atoms with Crippen molar-refractivity contribution in [2.24, 2.45) is 0 Å². The zero-order chi connectivity index (χ0) is 15.0. The molecule has 108 valence electrons. The fraction of sp³-hybridized carbons (Fsp3) is 0.188. The molecule has 0 amide bonds. The van der Waals surface area contributed by atoms with Crippen LogP contribution in [0.15, 0.2) is 36.4 Å². The number of carboxylic acids is 1. The largest absolute Gasteiger partial charge is 0.478 e. The van der Waals surface area contributed by atoms with E-state index in [1.54, 1.807) is 0 Å². The molecule has 0 saturated heterocycles. The number of aromatic carboxylic acids is 1. The van der Waals surface area contributed by atoms with Gasteiger partial charge < -0.3 is 10.4 Å². The lowest BCUT2D eigenvalue weighted by atomic mass is 10.1. The zero-order valence-corrected chi connectivity index (χ0v) is 11.8. The Kier molecular flexibility index (Phi) is 3.55. The Bertz CT molecular complexity index is 717. The molecular weight excluding hydrogens is 293 g/mol. The van der Waals surface area contributed by atoms with E-state index in [1.807, 2.05) is 18.2 Å². The van der Waals surface area contributed by atoms with Crippen LogP contribution < -0.4 is 5.32 Å². The molecule has 0 heterocycles. The summed E-state index contributed by atoms with van der Waals surface area (Å²) in [4.78, 5) is 11.0. The van der Waals surface area contributed by atoms with Gasteiger partial charge in [0.1, 0.15) is 5.82 Å². The van der Waals surface area contributed by atoms with Crippen LogP contribution in [0.25, 0.3) is 0 Å². The summed E-state index contributed by atoms with van der Waals surface area (Å²) in [5.41, 5.74) is 2.62. The highest BCUT2D eigenvalue weighted by molar-refractivity contribution is 6.30. The minimum absolute atomic E-state index is 0.0389. The number of hydrogen-bond acceptors (Lipinski definition) is 2. The predicted molar refractivity (Wildman–Crippen MR) is 79.6 cm³/mol. The summed E-state index contributed by atoms with van der Waals surface area (Å²) >= 11 is 5.97. The third kappa shape index (κ3) is 2.85. The molecule has 2 aromatic rings. The molecule has 1 aliphatic carbocycles. The van der Waals surface area contributed by atoms with Crippen molar-refractivity contribution >= 4 is 23.3 Å². The highest BCUT2D eigenvalue weighted by Gasteiger charge is 2.22. The number of anilines is 1. The highest BCUT2D eigenvalue weighted by Crippen LogP contribution is 2.28. The van der Waals surface area contributed by atoms with E-state index in [0.29, 0.717) is 5.02 Å². The number of benzene rings is 2. The molecular formula is C16H13ClFNO2. The standard InChI is InChI=1S/C16H13ClFNO2/c17-12-3-1-9-6-13(7-11(9)5-12)19-15-8-10(16(20)21)2-4-14(15)18/h1-5,8,13,19H,6-7H2,(H,20,21). The maximum Gasteiger partial charge on any atom is 0.335 e. The lowest BCUT2D eigenvalue weighted by molar-refractivity contribution is 0.0697. The topological polar surface area (TPSA) is 49.3 Å². The van der Waals surface area contributed by atoms with Crippen LogP contribution in [0.3, 0.4) is 0 Å². The van der Waals surface area contributed by atoms with Crippen LogP contribution in [0, 0.1) is 5.82 Å². The van der Waals surface area contributed by atoms with Crippen molar-refractivity contribution in [2.45, 2.75) is 18.9 Å². The number of fused-ring (bicyclic) bond motifs is 1. The van der Waals surface area contributed by atoms with Crippen molar-refractivity contribution in [3.05, 3.63) is 63.9 Å². The Morgan fingerprint density at radius 3 is 2.71 bits per heavy atom. The molecule has 0 aromatic heterocycles. The van der Waals surface area contributed by atoms with E-state index in [9.17, 15) is 9.18 Å². The Morgan fingerprint density at radius 1 is 1.19 bits per heavy atom. The van der Waals surface area contributed by atoms with Crippen LogP contribution in [-0.2, 0) is 12.8 Å². The van der Waals surface area contributed by atoms with Gasteiger partial charge in [-0.3, -0.25) is 0 Å². The van der Waals surface area contributed by atoms with Crippen molar-refractivity contribution in [3.63, 3.8) is 0 Å². The van der Waals surface area contributed by atoms with Gasteiger partial charge in [0.2, 0.25) is 0 Å². The number of halogens is 2. The SMILES string of the molecule is O=C(O)c1ccc(F)c(NC2Cc3ccc(Cl)cc3C2)c1. The van der Waals surface area contributed by atoms with Gasteiger partial charge in [-0.05, 0) is 54.3 Å². The van der Waals surface area contributed by atoms with Crippen LogP contribution >= 0.6 is 11.6 Å². The molecule has 5 heteroatoms. The molecule has 0 aliphatic heterocycles. The van der Waals surface area contributed by atoms with Gasteiger partial charge in [-0.1, -0.05) is 17.7 Å². The first kappa shape index (κ1) is 13.9. The Morgan fingerprint density at radius 2 is 1.95 bits per heavy atom. The van der Waals surface area contributed by atoms with Gasteiger partial charge in [-0.25, -0.2) is 9.18 Å². The molecule has 1 atom stereocenters. The lowest BCUT2D eigenvalue weighted by Gasteiger charge is -2.14. The molecule has 0 spiro atoms. The summed E-state index contributed by atoms with van der Waals surface area (Å²) < 4.78 is 13.8. The van der Waals surface area contributed by atoms with Crippen molar-refractivity contribution in [2.75, 3.05) is 5.32 Å². The lowest BCUT2D eigenvalue weighted by Crippen LogP contribution is -2.20. The smallest absolute Gasteiger partial charge is 0.335 e. The van der Waals surface area contributed by atoms with Gasteiger partial charge in [-0.15, -0.1) is 0 Å². The quantitative estimate of drug-likeness (QED) is 0.908. The molecule has 0 saturated carbocycles. The van der Waals surface area contributed by atoms with Gasteiger partial charge in [0.25, 0.3) is 0 Å². The second-order valence-electron chi connectivity index (χ2n) is 5.16. The fourth-order valence-electron chi connectivity index (χ4n) is 2.68. The van der Waals surface area contributed by atoms with Crippen LogP contribution in [0.1, 0.15) is 21.5 Å². The maximum absolute atomic E-state index is 13.8. The van der Waals surface area contributed by atoms with E-state index < -0.39 is 11.8 Å². The van der Waals surface area contributed by atoms with E-state index >= 15 is 0 Å². The Balaban J connectivity index is 1.80. The summed E-state index contributed by atoms with van der Waals surface area (Å²) in [6.07, 6.45) is 1.51. The van der Waals surface area contributed by atoms with Crippen molar-refractivity contribution in [1.29, 1.82) is 0 Å². The average Bonchev–Trinajstić information content (AvgIpc) is 2.82. The van der Waals surface area contributed by atoms with Crippen LogP contribution in [0.4, 0.5) is 10.1 Å². The van der Waals surface area contributed by atoms with Gasteiger partial charge in [0, 0.05) is 11.1 Å². The second-order valence-corrected chi connectivity index (χ2v) is 5.60. The number of hydrogen-bond donors (Lipinski definition) is 2. The summed E-state index contributed by atoms with van der Waals surface area (Å²) in [7, 11) is 0.